The van der Waals surface area contributed by atoms with Gasteiger partial charge in [0.25, 0.3) is 0 Å². The van der Waals surface area contributed by atoms with E-state index in [1.165, 1.54) is 7.11 Å². The number of carbonyl (C=O) groups excluding carboxylic acids is 2. The Morgan fingerprint density at radius 1 is 1.00 bits per heavy atom. The molecule has 0 saturated carbocycles. The Labute approximate surface area is 235 Å². The quantitative estimate of drug-likeness (QED) is 0.404. The molecule has 9 nitrogen and oxygen atoms in total. The highest BCUT2D eigenvalue weighted by atomic mass is 32.1. The first-order chi connectivity index (χ1) is 18.2. The van der Waals surface area contributed by atoms with Gasteiger partial charge < -0.3 is 9.64 Å². The van der Waals surface area contributed by atoms with E-state index in [-0.39, 0.29) is 35.7 Å². The molecule has 0 N–H and O–H groups in total. The highest BCUT2D eigenvalue weighted by Crippen LogP contribution is 2.34. The average Bonchev–Trinajstić information content (AvgIpc) is 3.49. The molecule has 4 heterocycles. The molecule has 0 aromatic carbocycles. The Balaban J connectivity index is 1.41. The molecule has 3 aromatic heterocycles. The SMILES string of the molecule is COC(=O)Cc1cc(C)n(CC(=O)N2CCC(c3nc(-c4cc(C(C)(C)C)nc(C(C)(C)C)n4)cs3)CC2)n1. The number of likely N-dealkylation sites (tertiary alicyclic amines) is 1. The second-order valence-corrected chi connectivity index (χ2v) is 13.3. The maximum atomic E-state index is 13.0. The minimum absolute atomic E-state index is 0.0366. The number of hydrogen-bond acceptors (Lipinski definition) is 8. The molecule has 1 aliphatic heterocycles. The van der Waals surface area contributed by atoms with Crippen molar-refractivity contribution in [1.82, 2.24) is 29.6 Å². The van der Waals surface area contributed by atoms with Gasteiger partial charge in [0, 0.05) is 40.9 Å². The van der Waals surface area contributed by atoms with Crippen LogP contribution in [0.1, 0.15) is 88.2 Å². The first-order valence-electron chi connectivity index (χ1n) is 13.5. The minimum Gasteiger partial charge on any atom is -0.469 e. The number of aryl methyl sites for hydroxylation is 1. The van der Waals surface area contributed by atoms with Crippen LogP contribution in [0.5, 0.6) is 0 Å². The number of methoxy groups -OCH3 is 1. The number of aromatic nitrogens is 5. The highest BCUT2D eigenvalue weighted by molar-refractivity contribution is 7.10. The Kier molecular flexibility index (Phi) is 8.25. The molecule has 4 rings (SSSR count). The molecule has 1 aliphatic rings. The van der Waals surface area contributed by atoms with Crippen LogP contribution in [0, 0.1) is 6.92 Å². The van der Waals surface area contributed by atoms with Crippen molar-refractivity contribution in [2.45, 2.75) is 91.0 Å². The van der Waals surface area contributed by atoms with Crippen molar-refractivity contribution in [3.63, 3.8) is 0 Å². The molecule has 1 fully saturated rings. The predicted octanol–water partition coefficient (Wildman–Crippen LogP) is 4.82. The van der Waals surface area contributed by atoms with Crippen molar-refractivity contribution in [3.05, 3.63) is 45.4 Å². The summed E-state index contributed by atoms with van der Waals surface area (Å²) in [5.41, 5.74) is 3.99. The number of hydrogen-bond donors (Lipinski definition) is 0. The molecular weight excluding hydrogens is 512 g/mol. The van der Waals surface area contributed by atoms with Crippen LogP contribution in [0.4, 0.5) is 0 Å². The predicted molar refractivity (Wildman–Crippen MR) is 152 cm³/mol. The zero-order valence-corrected chi connectivity index (χ0v) is 25.2. The lowest BCUT2D eigenvalue weighted by Crippen LogP contribution is -2.40. The number of esters is 1. The van der Waals surface area contributed by atoms with E-state index in [2.05, 4.69) is 58.1 Å². The number of ether oxygens (including phenoxy) is 1. The summed E-state index contributed by atoms with van der Waals surface area (Å²) in [5, 5.41) is 7.61. The molecule has 0 atom stereocenters. The van der Waals surface area contributed by atoms with Crippen LogP contribution < -0.4 is 0 Å². The maximum absolute atomic E-state index is 13.0. The van der Waals surface area contributed by atoms with Gasteiger partial charge in [0.2, 0.25) is 5.91 Å². The minimum atomic E-state index is -0.345. The molecule has 210 valence electrons. The van der Waals surface area contributed by atoms with Crippen LogP contribution in [-0.2, 0) is 38.1 Å². The fourth-order valence-corrected chi connectivity index (χ4v) is 5.52. The number of nitrogens with zero attached hydrogens (tertiary/aromatic N) is 6. The zero-order valence-electron chi connectivity index (χ0n) is 24.4. The average molecular weight is 553 g/mol. The van der Waals surface area contributed by atoms with E-state index >= 15 is 0 Å². The normalized spacial score (nSPS) is 15.0. The molecule has 0 bridgehead atoms. The third kappa shape index (κ3) is 6.90. The second-order valence-electron chi connectivity index (χ2n) is 12.4. The van der Waals surface area contributed by atoms with Crippen LogP contribution in [0.25, 0.3) is 11.4 Å². The van der Waals surface area contributed by atoms with E-state index in [9.17, 15) is 9.59 Å². The lowest BCUT2D eigenvalue weighted by Gasteiger charge is -2.31. The van der Waals surface area contributed by atoms with Crippen LogP contribution in [0.3, 0.4) is 0 Å². The van der Waals surface area contributed by atoms with E-state index in [1.807, 2.05) is 17.9 Å². The van der Waals surface area contributed by atoms with Crippen molar-refractivity contribution < 1.29 is 14.3 Å². The van der Waals surface area contributed by atoms with Gasteiger partial charge in [-0.3, -0.25) is 14.3 Å². The number of thiazole rings is 1. The largest absolute Gasteiger partial charge is 0.469 e. The van der Waals surface area contributed by atoms with E-state index < -0.39 is 0 Å². The first kappa shape index (κ1) is 28.9. The van der Waals surface area contributed by atoms with Gasteiger partial charge >= 0.3 is 5.97 Å². The molecule has 1 amide bonds. The van der Waals surface area contributed by atoms with Crippen LogP contribution in [0.2, 0.25) is 0 Å². The van der Waals surface area contributed by atoms with Crippen molar-refractivity contribution in [1.29, 1.82) is 0 Å². The van der Waals surface area contributed by atoms with E-state index in [0.29, 0.717) is 24.7 Å². The first-order valence-corrected chi connectivity index (χ1v) is 14.4. The van der Waals surface area contributed by atoms with Gasteiger partial charge in [-0.25, -0.2) is 15.0 Å². The highest BCUT2D eigenvalue weighted by Gasteiger charge is 2.28. The second kappa shape index (κ2) is 11.2. The van der Waals surface area contributed by atoms with Gasteiger partial charge in [0.05, 0.1) is 41.3 Å². The Bertz CT molecular complexity index is 1310. The van der Waals surface area contributed by atoms with Gasteiger partial charge in [0.15, 0.2) is 0 Å². The van der Waals surface area contributed by atoms with Gasteiger partial charge in [-0.15, -0.1) is 11.3 Å². The summed E-state index contributed by atoms with van der Waals surface area (Å²) < 4.78 is 6.38. The van der Waals surface area contributed by atoms with Crippen LogP contribution in [-0.4, -0.2) is 61.7 Å². The molecule has 0 unspecified atom stereocenters. The fourth-order valence-electron chi connectivity index (χ4n) is 4.54. The molecule has 0 radical (unpaired) electrons. The van der Waals surface area contributed by atoms with Crippen LogP contribution >= 0.6 is 11.3 Å². The maximum Gasteiger partial charge on any atom is 0.311 e. The molecule has 3 aromatic rings. The molecule has 0 aliphatic carbocycles. The summed E-state index contributed by atoms with van der Waals surface area (Å²) in [6.45, 7) is 16.3. The van der Waals surface area contributed by atoms with Gasteiger partial charge in [-0.1, -0.05) is 41.5 Å². The molecule has 0 spiro atoms. The fraction of sp³-hybridized carbons (Fsp3) is 0.586. The Hall–Kier alpha value is -3.14. The molecular formula is C29H40N6O3S. The summed E-state index contributed by atoms with van der Waals surface area (Å²) in [6, 6.07) is 3.90. The number of amides is 1. The van der Waals surface area contributed by atoms with Crippen LogP contribution in [0.15, 0.2) is 17.5 Å². The third-order valence-corrected chi connectivity index (χ3v) is 8.02. The van der Waals surface area contributed by atoms with Crippen molar-refractivity contribution in [2.24, 2.45) is 0 Å². The summed E-state index contributed by atoms with van der Waals surface area (Å²) in [7, 11) is 1.35. The van der Waals surface area contributed by atoms with Crippen molar-refractivity contribution in [2.75, 3.05) is 20.2 Å². The van der Waals surface area contributed by atoms with E-state index in [0.717, 1.165) is 46.4 Å². The standard InChI is InChI=1S/C29H40N6O3S/c1-18-13-20(14-25(37)38-8)33-35(18)16-24(36)34-11-9-19(10-12-34)26-30-22(17-39-26)21-15-23(28(2,3)4)32-27(31-21)29(5,6)7/h13,15,17,19H,9-12,14,16H2,1-8H3. The summed E-state index contributed by atoms with van der Waals surface area (Å²) in [4.78, 5) is 41.2. The molecule has 39 heavy (non-hydrogen) atoms. The summed E-state index contributed by atoms with van der Waals surface area (Å²) >= 11 is 1.67. The number of rotatable bonds is 6. The molecule has 1 saturated heterocycles. The number of piperidine rings is 1. The Morgan fingerprint density at radius 3 is 2.31 bits per heavy atom. The van der Waals surface area contributed by atoms with Crippen molar-refractivity contribution in [3.8, 4) is 11.4 Å². The zero-order chi connectivity index (χ0) is 28.5. The van der Waals surface area contributed by atoms with Gasteiger partial charge in [-0.2, -0.15) is 5.10 Å². The van der Waals surface area contributed by atoms with Crippen molar-refractivity contribution >= 4 is 23.2 Å². The summed E-state index contributed by atoms with van der Waals surface area (Å²) in [5.74, 6) is 0.838. The lowest BCUT2D eigenvalue weighted by molar-refractivity contribution is -0.139. The van der Waals surface area contributed by atoms with Gasteiger partial charge in [0.1, 0.15) is 12.4 Å². The van der Waals surface area contributed by atoms with E-state index in [1.54, 1.807) is 16.0 Å². The lowest BCUT2D eigenvalue weighted by atomic mass is 9.89. The Morgan fingerprint density at radius 2 is 1.69 bits per heavy atom. The van der Waals surface area contributed by atoms with Gasteiger partial charge in [-0.05, 0) is 31.9 Å². The monoisotopic (exact) mass is 552 g/mol. The topological polar surface area (TPSA) is 103 Å². The molecule has 10 heteroatoms. The summed E-state index contributed by atoms with van der Waals surface area (Å²) in [6.07, 6.45) is 1.84. The smallest absolute Gasteiger partial charge is 0.311 e. The number of carbonyl (C=O) groups is 2. The van der Waals surface area contributed by atoms with E-state index in [4.69, 9.17) is 19.7 Å². The third-order valence-electron chi connectivity index (χ3n) is 7.02.